The van der Waals surface area contributed by atoms with Crippen LogP contribution in [-0.4, -0.2) is 63.6 Å². The summed E-state index contributed by atoms with van der Waals surface area (Å²) in [6.07, 6.45) is -0.933. The van der Waals surface area contributed by atoms with Crippen LogP contribution in [0, 0.1) is 11.8 Å². The van der Waals surface area contributed by atoms with Crippen molar-refractivity contribution in [1.29, 1.82) is 0 Å². The van der Waals surface area contributed by atoms with E-state index in [0.29, 0.717) is 6.42 Å². The third kappa shape index (κ3) is 3.39. The Morgan fingerprint density at radius 2 is 2.14 bits per heavy atom. The second kappa shape index (κ2) is 7.26. The average molecular weight is 396 g/mol. The van der Waals surface area contributed by atoms with Crippen molar-refractivity contribution in [3.63, 3.8) is 0 Å². The van der Waals surface area contributed by atoms with Crippen LogP contribution in [0.3, 0.4) is 0 Å². The van der Waals surface area contributed by atoms with Crippen molar-refractivity contribution in [3.05, 3.63) is 23.8 Å². The molecule has 0 aliphatic carbocycles. The van der Waals surface area contributed by atoms with E-state index in [-0.39, 0.29) is 29.9 Å². The summed E-state index contributed by atoms with van der Waals surface area (Å²) in [6, 6.07) is 0. The Labute approximate surface area is 163 Å². The molecular formula is C20H28O8. The molecule has 3 aliphatic rings. The van der Waals surface area contributed by atoms with Gasteiger partial charge < -0.3 is 29.5 Å². The summed E-state index contributed by atoms with van der Waals surface area (Å²) in [4.78, 5) is 24.7. The highest BCUT2D eigenvalue weighted by Crippen LogP contribution is 2.48. The fourth-order valence-corrected chi connectivity index (χ4v) is 4.11. The molecule has 0 unspecified atom stereocenters. The molecule has 2 fully saturated rings. The number of fused-ring (bicyclic) bond motifs is 3. The first-order valence-electron chi connectivity index (χ1n) is 9.57. The standard InChI is InChI=1S/C20H28O8/c1-5-10(2)17(23)27-14-7-19(4)15(22)8-20(25,28-19)12(9-21)6-13-16(14)11(3)18(24)26-13/h6,10,13-16,21-22,25H,3,5,7-9H2,1-2,4H3/b12-6-/t10-,13+,14-,15-,16+,19+,20+/m1/s1. The Bertz CT molecular complexity index is 715. The number of carbonyl (C=O) groups is 2. The van der Waals surface area contributed by atoms with Gasteiger partial charge in [-0.15, -0.1) is 0 Å². The minimum Gasteiger partial charge on any atom is -0.461 e. The van der Waals surface area contributed by atoms with Gasteiger partial charge >= 0.3 is 11.9 Å². The molecule has 0 aromatic rings. The van der Waals surface area contributed by atoms with E-state index in [9.17, 15) is 24.9 Å². The van der Waals surface area contributed by atoms with Crippen molar-refractivity contribution in [3.8, 4) is 0 Å². The maximum atomic E-state index is 12.5. The molecule has 2 saturated heterocycles. The topological polar surface area (TPSA) is 123 Å². The fourth-order valence-electron chi connectivity index (χ4n) is 4.11. The molecule has 156 valence electrons. The largest absolute Gasteiger partial charge is 0.461 e. The SMILES string of the molecule is C=C1C(=O)O[C@H]2/C=C(/CO)[C@]3(O)C[C@@H](O)[C@](C)(C[C@@H](OC(=O)[C@H](C)CC)[C@@H]12)O3. The number of aliphatic hydroxyl groups excluding tert-OH is 2. The minimum atomic E-state index is -1.90. The molecule has 0 saturated carbocycles. The lowest BCUT2D eigenvalue weighted by Gasteiger charge is -2.35. The number of hydrogen-bond acceptors (Lipinski definition) is 8. The lowest BCUT2D eigenvalue weighted by atomic mass is 9.80. The zero-order valence-corrected chi connectivity index (χ0v) is 16.4. The first-order valence-corrected chi connectivity index (χ1v) is 9.57. The number of aliphatic hydroxyl groups is 3. The van der Waals surface area contributed by atoms with E-state index in [0.717, 1.165) is 0 Å². The molecule has 3 N–H and O–H groups in total. The number of ether oxygens (including phenoxy) is 3. The van der Waals surface area contributed by atoms with Crippen molar-refractivity contribution in [2.75, 3.05) is 6.61 Å². The minimum absolute atomic E-state index is 0.0298. The number of hydrogen-bond donors (Lipinski definition) is 3. The van der Waals surface area contributed by atoms with Crippen LogP contribution in [0.5, 0.6) is 0 Å². The van der Waals surface area contributed by atoms with Crippen LogP contribution in [0.4, 0.5) is 0 Å². The van der Waals surface area contributed by atoms with Crippen LogP contribution < -0.4 is 0 Å². The second-order valence-corrected chi connectivity index (χ2v) is 8.18. The number of esters is 2. The van der Waals surface area contributed by atoms with E-state index in [4.69, 9.17) is 14.2 Å². The molecule has 0 radical (unpaired) electrons. The van der Waals surface area contributed by atoms with Gasteiger partial charge in [-0.1, -0.05) is 20.4 Å². The Hall–Kier alpha value is -1.74. The van der Waals surface area contributed by atoms with Gasteiger partial charge in [0.25, 0.3) is 0 Å². The van der Waals surface area contributed by atoms with Gasteiger partial charge in [-0.25, -0.2) is 4.79 Å². The molecular weight excluding hydrogens is 368 g/mol. The molecule has 2 bridgehead atoms. The third-order valence-electron chi connectivity index (χ3n) is 6.17. The Morgan fingerprint density at radius 3 is 2.75 bits per heavy atom. The quantitative estimate of drug-likeness (QED) is 0.359. The summed E-state index contributed by atoms with van der Waals surface area (Å²) in [6.45, 7) is 8.45. The zero-order valence-electron chi connectivity index (χ0n) is 16.4. The molecule has 3 aliphatic heterocycles. The van der Waals surface area contributed by atoms with Gasteiger partial charge in [0, 0.05) is 24.0 Å². The third-order valence-corrected chi connectivity index (χ3v) is 6.17. The van der Waals surface area contributed by atoms with Crippen molar-refractivity contribution in [2.45, 2.75) is 69.7 Å². The van der Waals surface area contributed by atoms with Crippen LogP contribution in [-0.2, 0) is 23.8 Å². The van der Waals surface area contributed by atoms with Crippen molar-refractivity contribution < 1.29 is 39.1 Å². The summed E-state index contributed by atoms with van der Waals surface area (Å²) in [7, 11) is 0. The molecule has 8 nitrogen and oxygen atoms in total. The number of rotatable bonds is 4. The molecule has 3 rings (SSSR count). The molecule has 7 atom stereocenters. The van der Waals surface area contributed by atoms with Gasteiger partial charge in [0.15, 0.2) is 5.79 Å². The average Bonchev–Trinajstić information content (AvgIpc) is 3.04. The van der Waals surface area contributed by atoms with Gasteiger partial charge in [0.2, 0.25) is 0 Å². The van der Waals surface area contributed by atoms with Crippen molar-refractivity contribution >= 4 is 11.9 Å². The second-order valence-electron chi connectivity index (χ2n) is 8.18. The van der Waals surface area contributed by atoms with Crippen molar-refractivity contribution in [1.82, 2.24) is 0 Å². The summed E-state index contributed by atoms with van der Waals surface area (Å²) in [5.74, 6) is -4.02. The van der Waals surface area contributed by atoms with E-state index >= 15 is 0 Å². The van der Waals surface area contributed by atoms with E-state index in [1.54, 1.807) is 13.8 Å². The molecule has 28 heavy (non-hydrogen) atoms. The van der Waals surface area contributed by atoms with Crippen LogP contribution in [0.1, 0.15) is 40.0 Å². The molecule has 8 heteroatoms. The molecule has 0 spiro atoms. The fraction of sp³-hybridized carbons (Fsp3) is 0.700. The Kier molecular flexibility index (Phi) is 5.44. The predicted octanol–water partition coefficient (Wildman–Crippen LogP) is 0.593. The maximum Gasteiger partial charge on any atom is 0.334 e. The van der Waals surface area contributed by atoms with E-state index in [2.05, 4.69) is 6.58 Å². The lowest BCUT2D eigenvalue weighted by Crippen LogP contribution is -2.45. The van der Waals surface area contributed by atoms with E-state index in [1.165, 1.54) is 6.08 Å². The summed E-state index contributed by atoms with van der Waals surface area (Å²) < 4.78 is 16.9. The highest BCUT2D eigenvalue weighted by molar-refractivity contribution is 5.91. The van der Waals surface area contributed by atoms with Gasteiger partial charge in [-0.05, 0) is 19.4 Å². The Morgan fingerprint density at radius 1 is 1.46 bits per heavy atom. The van der Waals surface area contributed by atoms with E-state index < -0.39 is 54.2 Å². The first kappa shape index (κ1) is 21.0. The van der Waals surface area contributed by atoms with Gasteiger partial charge in [0.05, 0.1) is 30.1 Å². The highest BCUT2D eigenvalue weighted by Gasteiger charge is 2.58. The monoisotopic (exact) mass is 396 g/mol. The summed E-state index contributed by atoms with van der Waals surface area (Å²) >= 11 is 0. The van der Waals surface area contributed by atoms with Crippen LogP contribution >= 0.6 is 0 Å². The summed E-state index contributed by atoms with van der Waals surface area (Å²) in [5, 5.41) is 31.3. The van der Waals surface area contributed by atoms with Crippen LogP contribution in [0.25, 0.3) is 0 Å². The maximum absolute atomic E-state index is 12.5. The van der Waals surface area contributed by atoms with Crippen molar-refractivity contribution in [2.24, 2.45) is 11.8 Å². The predicted molar refractivity (Wildman–Crippen MR) is 96.7 cm³/mol. The molecule has 0 aromatic carbocycles. The molecule has 0 amide bonds. The molecule has 3 heterocycles. The smallest absolute Gasteiger partial charge is 0.334 e. The van der Waals surface area contributed by atoms with Gasteiger partial charge in [0.1, 0.15) is 12.2 Å². The van der Waals surface area contributed by atoms with Crippen LogP contribution in [0.15, 0.2) is 23.8 Å². The molecule has 0 aromatic heterocycles. The Balaban J connectivity index is 2.07. The van der Waals surface area contributed by atoms with Gasteiger partial charge in [-0.2, -0.15) is 0 Å². The normalized spacial score (nSPS) is 43.1. The lowest BCUT2D eigenvalue weighted by molar-refractivity contribution is -0.211. The number of carbonyl (C=O) groups excluding carboxylic acids is 2. The van der Waals surface area contributed by atoms with Gasteiger partial charge in [-0.3, -0.25) is 4.79 Å². The van der Waals surface area contributed by atoms with E-state index in [1.807, 2.05) is 6.92 Å². The zero-order chi connectivity index (χ0) is 20.9. The summed E-state index contributed by atoms with van der Waals surface area (Å²) in [5.41, 5.74) is -1.03. The first-order chi connectivity index (χ1) is 13.0. The highest BCUT2D eigenvalue weighted by atomic mass is 16.7. The van der Waals surface area contributed by atoms with Crippen LogP contribution in [0.2, 0.25) is 0 Å².